The Morgan fingerprint density at radius 2 is 1.71 bits per heavy atom. The predicted octanol–water partition coefficient (Wildman–Crippen LogP) is 3.74. The van der Waals surface area contributed by atoms with E-state index < -0.39 is 11.8 Å². The quantitative estimate of drug-likeness (QED) is 0.253. The summed E-state index contributed by atoms with van der Waals surface area (Å²) in [5.74, 6) is -1.77. The van der Waals surface area contributed by atoms with Crippen molar-refractivity contribution in [2.45, 2.75) is 20.4 Å². The molecule has 0 saturated carbocycles. The van der Waals surface area contributed by atoms with E-state index in [1.54, 1.807) is 30.3 Å². The summed E-state index contributed by atoms with van der Waals surface area (Å²) in [5.41, 5.74) is 6.13. The van der Waals surface area contributed by atoms with Crippen LogP contribution in [0.15, 0.2) is 71.8 Å². The molecule has 0 aliphatic heterocycles. The topological polar surface area (TPSA) is 109 Å². The molecule has 0 saturated heterocycles. The van der Waals surface area contributed by atoms with E-state index >= 15 is 0 Å². The minimum Gasteiger partial charge on any atom is -0.483 e. The van der Waals surface area contributed by atoms with Crippen LogP contribution in [0.3, 0.4) is 0 Å². The van der Waals surface area contributed by atoms with Gasteiger partial charge < -0.3 is 15.4 Å². The zero-order valence-corrected chi connectivity index (χ0v) is 20.1. The van der Waals surface area contributed by atoms with Crippen LogP contribution in [0, 0.1) is 13.8 Å². The van der Waals surface area contributed by atoms with Gasteiger partial charge in [-0.2, -0.15) is 5.10 Å². The van der Waals surface area contributed by atoms with Crippen molar-refractivity contribution in [1.29, 1.82) is 0 Å². The molecule has 0 fully saturated rings. The summed E-state index contributed by atoms with van der Waals surface area (Å²) in [6.07, 6.45) is 1.28. The molecule has 8 nitrogen and oxygen atoms in total. The van der Waals surface area contributed by atoms with E-state index in [-0.39, 0.29) is 12.5 Å². The Kier molecular flexibility index (Phi) is 8.97. The van der Waals surface area contributed by atoms with Crippen LogP contribution in [0.1, 0.15) is 22.3 Å². The Labute approximate surface area is 208 Å². The number of aryl methyl sites for hydroxylation is 2. The summed E-state index contributed by atoms with van der Waals surface area (Å²) in [7, 11) is 0. The number of benzene rings is 3. The Hall–Kier alpha value is -4.17. The Bertz CT molecular complexity index is 1250. The van der Waals surface area contributed by atoms with Gasteiger partial charge in [-0.15, -0.1) is 0 Å². The van der Waals surface area contributed by atoms with E-state index in [9.17, 15) is 14.4 Å². The van der Waals surface area contributed by atoms with Crippen LogP contribution in [0.2, 0.25) is 5.02 Å². The average Bonchev–Trinajstić information content (AvgIpc) is 2.85. The highest BCUT2D eigenvalue weighted by Gasteiger charge is 2.13. The third-order valence-corrected chi connectivity index (χ3v) is 5.24. The molecule has 180 valence electrons. The molecule has 0 aliphatic carbocycles. The summed E-state index contributed by atoms with van der Waals surface area (Å²) in [4.78, 5) is 36.4. The molecule has 0 unspecified atom stereocenters. The number of carbonyl (C=O) groups excluding carboxylic acids is 3. The van der Waals surface area contributed by atoms with Crippen molar-refractivity contribution >= 4 is 41.2 Å². The van der Waals surface area contributed by atoms with Crippen molar-refractivity contribution in [2.75, 3.05) is 11.9 Å². The van der Waals surface area contributed by atoms with Crippen LogP contribution in [0.4, 0.5) is 5.69 Å². The number of nitrogens with zero attached hydrogens (tertiary/aromatic N) is 1. The molecule has 0 aromatic heterocycles. The largest absolute Gasteiger partial charge is 0.483 e. The number of ether oxygens (including phenoxy) is 1. The molecule has 0 heterocycles. The van der Waals surface area contributed by atoms with Crippen LogP contribution in [-0.4, -0.2) is 30.5 Å². The maximum absolute atomic E-state index is 12.1. The fourth-order valence-electron chi connectivity index (χ4n) is 2.96. The van der Waals surface area contributed by atoms with Crippen molar-refractivity contribution in [3.8, 4) is 5.75 Å². The van der Waals surface area contributed by atoms with Gasteiger partial charge in [0, 0.05) is 22.8 Å². The summed E-state index contributed by atoms with van der Waals surface area (Å²) < 4.78 is 5.59. The van der Waals surface area contributed by atoms with E-state index in [4.69, 9.17) is 16.3 Å². The number of hydrogen-bond donors (Lipinski definition) is 3. The van der Waals surface area contributed by atoms with Crippen molar-refractivity contribution < 1.29 is 19.1 Å². The third-order valence-electron chi connectivity index (χ3n) is 5.00. The molecule has 0 bridgehead atoms. The number of hydrogen-bond acceptors (Lipinski definition) is 5. The first-order valence-corrected chi connectivity index (χ1v) is 11.1. The zero-order chi connectivity index (χ0) is 25.2. The van der Waals surface area contributed by atoms with Gasteiger partial charge in [0.1, 0.15) is 5.75 Å². The fraction of sp³-hybridized carbons (Fsp3) is 0.154. The lowest BCUT2D eigenvalue weighted by atomic mass is 10.1. The highest BCUT2D eigenvalue weighted by Crippen LogP contribution is 2.21. The molecule has 35 heavy (non-hydrogen) atoms. The first-order chi connectivity index (χ1) is 16.8. The monoisotopic (exact) mass is 492 g/mol. The second-order valence-electron chi connectivity index (χ2n) is 7.69. The normalized spacial score (nSPS) is 10.6. The molecule has 3 rings (SSSR count). The second-order valence-corrected chi connectivity index (χ2v) is 8.12. The van der Waals surface area contributed by atoms with Crippen LogP contribution < -0.4 is 20.8 Å². The van der Waals surface area contributed by atoms with Crippen LogP contribution in [0.25, 0.3) is 0 Å². The first kappa shape index (κ1) is 25.5. The lowest BCUT2D eigenvalue weighted by molar-refractivity contribution is -0.136. The Morgan fingerprint density at radius 1 is 0.943 bits per heavy atom. The molecule has 3 aromatic rings. The molecule has 0 aliphatic rings. The van der Waals surface area contributed by atoms with E-state index in [1.807, 2.05) is 50.2 Å². The summed E-state index contributed by atoms with van der Waals surface area (Å²) in [6, 6.07) is 19.6. The number of halogens is 1. The summed E-state index contributed by atoms with van der Waals surface area (Å²) in [6.45, 7) is 4.02. The Morgan fingerprint density at radius 3 is 2.46 bits per heavy atom. The van der Waals surface area contributed by atoms with Crippen molar-refractivity contribution in [3.05, 3.63) is 94.0 Å². The number of anilines is 1. The molecule has 9 heteroatoms. The van der Waals surface area contributed by atoms with Crippen molar-refractivity contribution in [1.82, 2.24) is 10.7 Å². The van der Waals surface area contributed by atoms with E-state index in [2.05, 4.69) is 21.2 Å². The number of hydrazone groups is 1. The highest BCUT2D eigenvalue weighted by molar-refractivity contribution is 6.39. The molecule has 0 spiro atoms. The molecule has 3 N–H and O–H groups in total. The minimum atomic E-state index is -0.940. The maximum atomic E-state index is 12.1. The highest BCUT2D eigenvalue weighted by atomic mass is 35.5. The molecular formula is C26H25ClN4O4. The average molecular weight is 493 g/mol. The molecular weight excluding hydrogens is 468 g/mol. The van der Waals surface area contributed by atoms with Gasteiger partial charge in [-0.1, -0.05) is 48.0 Å². The van der Waals surface area contributed by atoms with Crippen LogP contribution in [-0.2, 0) is 20.9 Å². The van der Waals surface area contributed by atoms with Crippen LogP contribution >= 0.6 is 11.6 Å². The molecule has 0 radical (unpaired) electrons. The lowest BCUT2D eigenvalue weighted by Gasteiger charge is -2.10. The standard InChI is InChI=1S/C26H25ClN4O4/c1-17-8-10-22(12-18(17)2)30-25(33)26(34)31-29-15-20-13-21(27)9-11-23(20)35-16-24(32)28-14-19-6-4-3-5-7-19/h3-13,15H,14,16H2,1-2H3,(H,28,32)(H,30,33)(H,31,34)/b29-15-. The molecule has 3 aromatic carbocycles. The van der Waals surface area contributed by atoms with Crippen molar-refractivity contribution in [3.63, 3.8) is 0 Å². The predicted molar refractivity (Wildman–Crippen MR) is 136 cm³/mol. The van der Waals surface area contributed by atoms with Gasteiger partial charge in [0.15, 0.2) is 6.61 Å². The van der Waals surface area contributed by atoms with Gasteiger partial charge in [-0.05, 0) is 60.9 Å². The maximum Gasteiger partial charge on any atom is 0.329 e. The van der Waals surface area contributed by atoms with Gasteiger partial charge in [0.05, 0.1) is 6.21 Å². The lowest BCUT2D eigenvalue weighted by Crippen LogP contribution is -2.32. The van der Waals surface area contributed by atoms with Gasteiger partial charge in [-0.25, -0.2) is 5.43 Å². The van der Waals surface area contributed by atoms with E-state index in [0.717, 1.165) is 16.7 Å². The van der Waals surface area contributed by atoms with E-state index in [1.165, 1.54) is 6.21 Å². The smallest absolute Gasteiger partial charge is 0.329 e. The van der Waals surface area contributed by atoms with Gasteiger partial charge in [0.25, 0.3) is 5.91 Å². The summed E-state index contributed by atoms with van der Waals surface area (Å²) >= 11 is 6.06. The van der Waals surface area contributed by atoms with Gasteiger partial charge in [0.2, 0.25) is 0 Å². The minimum absolute atomic E-state index is 0.222. The van der Waals surface area contributed by atoms with Crippen LogP contribution in [0.5, 0.6) is 5.75 Å². The number of nitrogens with one attached hydrogen (secondary N) is 3. The summed E-state index contributed by atoms with van der Waals surface area (Å²) in [5, 5.41) is 9.52. The zero-order valence-electron chi connectivity index (χ0n) is 19.3. The number of rotatable bonds is 8. The van der Waals surface area contributed by atoms with Gasteiger partial charge >= 0.3 is 11.8 Å². The number of amides is 3. The van der Waals surface area contributed by atoms with Gasteiger partial charge in [-0.3, -0.25) is 14.4 Å². The molecule has 0 atom stereocenters. The van der Waals surface area contributed by atoms with E-state index in [0.29, 0.717) is 28.6 Å². The Balaban J connectivity index is 1.54. The number of carbonyl (C=O) groups is 3. The van der Waals surface area contributed by atoms with Crippen molar-refractivity contribution in [2.24, 2.45) is 5.10 Å². The fourth-order valence-corrected chi connectivity index (χ4v) is 3.14. The first-order valence-electron chi connectivity index (χ1n) is 10.8. The molecule has 3 amide bonds. The SMILES string of the molecule is Cc1ccc(NC(=O)C(=O)N/N=C\c2cc(Cl)ccc2OCC(=O)NCc2ccccc2)cc1C. The second kappa shape index (κ2) is 12.3. The third kappa shape index (κ3) is 7.97.